The summed E-state index contributed by atoms with van der Waals surface area (Å²) in [4.78, 5) is 13.3. The lowest BCUT2D eigenvalue weighted by atomic mass is 10.1. The number of hydrogen-bond acceptors (Lipinski definition) is 1. The summed E-state index contributed by atoms with van der Waals surface area (Å²) in [5.41, 5.74) is 2.76. The molecule has 1 aliphatic rings. The molecule has 1 saturated heterocycles. The van der Waals surface area contributed by atoms with E-state index in [9.17, 15) is 4.79 Å². The van der Waals surface area contributed by atoms with Crippen molar-refractivity contribution in [2.45, 2.75) is 46.5 Å². The third-order valence-electron chi connectivity index (χ3n) is 2.92. The SMILES string of the molecule is CC(C)=CCC/C(C)=C/CN1CCCC1=O. The number of rotatable bonds is 5. The molecule has 2 nitrogen and oxygen atoms in total. The molecule has 0 aliphatic carbocycles. The lowest BCUT2D eigenvalue weighted by Gasteiger charge is -2.12. The molecule has 0 radical (unpaired) electrons. The predicted molar refractivity (Wildman–Crippen MR) is 68.2 cm³/mol. The van der Waals surface area contributed by atoms with Crippen molar-refractivity contribution >= 4 is 5.91 Å². The van der Waals surface area contributed by atoms with E-state index in [4.69, 9.17) is 0 Å². The van der Waals surface area contributed by atoms with E-state index in [0.717, 1.165) is 38.8 Å². The van der Waals surface area contributed by atoms with Crippen LogP contribution in [-0.4, -0.2) is 23.9 Å². The minimum absolute atomic E-state index is 0.313. The molecule has 0 atom stereocenters. The molecule has 1 rings (SSSR count). The first kappa shape index (κ1) is 13.0. The van der Waals surface area contributed by atoms with E-state index in [1.54, 1.807) is 0 Å². The number of amides is 1. The van der Waals surface area contributed by atoms with Crippen LogP contribution >= 0.6 is 0 Å². The maximum absolute atomic E-state index is 11.4. The van der Waals surface area contributed by atoms with Crippen LogP contribution in [0.15, 0.2) is 23.3 Å². The fraction of sp³-hybridized carbons (Fsp3) is 0.643. The van der Waals surface area contributed by atoms with Crippen molar-refractivity contribution in [3.05, 3.63) is 23.3 Å². The molecule has 0 saturated carbocycles. The summed E-state index contributed by atoms with van der Waals surface area (Å²) in [6.45, 7) is 8.15. The largest absolute Gasteiger partial charge is 0.339 e. The normalized spacial score (nSPS) is 16.8. The van der Waals surface area contributed by atoms with E-state index in [-0.39, 0.29) is 0 Å². The quantitative estimate of drug-likeness (QED) is 0.652. The van der Waals surface area contributed by atoms with E-state index < -0.39 is 0 Å². The van der Waals surface area contributed by atoms with Gasteiger partial charge in [-0.25, -0.2) is 0 Å². The first-order valence-corrected chi connectivity index (χ1v) is 6.16. The summed E-state index contributed by atoms with van der Waals surface area (Å²) in [6.07, 6.45) is 8.44. The van der Waals surface area contributed by atoms with E-state index in [1.165, 1.54) is 11.1 Å². The van der Waals surface area contributed by atoms with Gasteiger partial charge in [-0.3, -0.25) is 4.79 Å². The van der Waals surface area contributed by atoms with Gasteiger partial charge < -0.3 is 4.90 Å². The highest BCUT2D eigenvalue weighted by molar-refractivity contribution is 5.78. The highest BCUT2D eigenvalue weighted by Crippen LogP contribution is 2.11. The molecule has 0 bridgehead atoms. The Kier molecular flexibility index (Phi) is 5.30. The third-order valence-corrected chi connectivity index (χ3v) is 2.92. The Morgan fingerprint density at radius 3 is 2.62 bits per heavy atom. The second kappa shape index (κ2) is 6.51. The van der Waals surface area contributed by atoms with Gasteiger partial charge in [0.25, 0.3) is 0 Å². The van der Waals surface area contributed by atoms with E-state index in [0.29, 0.717) is 5.91 Å². The minimum atomic E-state index is 0.313. The summed E-state index contributed by atoms with van der Waals surface area (Å²) >= 11 is 0. The van der Waals surface area contributed by atoms with Gasteiger partial charge in [-0.05, 0) is 40.0 Å². The van der Waals surface area contributed by atoms with E-state index in [1.807, 2.05) is 4.90 Å². The molecule has 16 heavy (non-hydrogen) atoms. The van der Waals surface area contributed by atoms with Crippen molar-refractivity contribution in [2.24, 2.45) is 0 Å². The smallest absolute Gasteiger partial charge is 0.222 e. The molecule has 90 valence electrons. The number of carbonyl (C=O) groups is 1. The van der Waals surface area contributed by atoms with Crippen LogP contribution in [0.4, 0.5) is 0 Å². The molecule has 0 aromatic carbocycles. The second-order valence-corrected chi connectivity index (χ2v) is 4.81. The fourth-order valence-electron chi connectivity index (χ4n) is 1.85. The summed E-state index contributed by atoms with van der Waals surface area (Å²) in [6, 6.07) is 0. The highest BCUT2D eigenvalue weighted by atomic mass is 16.2. The average molecular weight is 221 g/mol. The van der Waals surface area contributed by atoms with Crippen LogP contribution in [0.3, 0.4) is 0 Å². The molecule has 1 fully saturated rings. The van der Waals surface area contributed by atoms with Crippen LogP contribution in [0, 0.1) is 0 Å². The molecule has 2 heteroatoms. The third kappa shape index (κ3) is 4.65. The molecule has 1 amide bonds. The van der Waals surface area contributed by atoms with Gasteiger partial charge in [-0.1, -0.05) is 23.3 Å². The molecular formula is C14H23NO. The topological polar surface area (TPSA) is 20.3 Å². The van der Waals surface area contributed by atoms with E-state index in [2.05, 4.69) is 32.9 Å². The average Bonchev–Trinajstić information content (AvgIpc) is 2.60. The lowest BCUT2D eigenvalue weighted by molar-refractivity contribution is -0.127. The predicted octanol–water partition coefficient (Wildman–Crippen LogP) is 3.30. The first-order valence-electron chi connectivity index (χ1n) is 6.16. The number of hydrogen-bond donors (Lipinski definition) is 0. The number of allylic oxidation sites excluding steroid dienone is 3. The van der Waals surface area contributed by atoms with Crippen molar-refractivity contribution < 1.29 is 4.79 Å². The zero-order valence-corrected chi connectivity index (χ0v) is 10.8. The van der Waals surface area contributed by atoms with Gasteiger partial charge in [0.2, 0.25) is 5.91 Å². The number of nitrogens with zero attached hydrogens (tertiary/aromatic N) is 1. The van der Waals surface area contributed by atoms with Gasteiger partial charge in [0.05, 0.1) is 0 Å². The maximum atomic E-state index is 11.4. The molecule has 0 N–H and O–H groups in total. The van der Waals surface area contributed by atoms with Gasteiger partial charge in [0, 0.05) is 19.5 Å². The molecule has 1 aliphatic heterocycles. The van der Waals surface area contributed by atoms with Crippen LogP contribution in [-0.2, 0) is 4.79 Å². The summed E-state index contributed by atoms with van der Waals surface area (Å²) in [7, 11) is 0. The van der Waals surface area contributed by atoms with Gasteiger partial charge in [-0.2, -0.15) is 0 Å². The molecule has 0 aromatic heterocycles. The fourth-order valence-corrected chi connectivity index (χ4v) is 1.85. The summed E-state index contributed by atoms with van der Waals surface area (Å²) in [5, 5.41) is 0. The van der Waals surface area contributed by atoms with Crippen LogP contribution < -0.4 is 0 Å². The van der Waals surface area contributed by atoms with Crippen molar-refractivity contribution in [3.8, 4) is 0 Å². The van der Waals surface area contributed by atoms with Crippen LogP contribution in [0.1, 0.15) is 46.5 Å². The molecule has 0 aromatic rings. The van der Waals surface area contributed by atoms with Crippen molar-refractivity contribution in [1.82, 2.24) is 4.90 Å². The Morgan fingerprint density at radius 2 is 2.06 bits per heavy atom. The Labute approximate surface area is 99.0 Å². The van der Waals surface area contributed by atoms with E-state index >= 15 is 0 Å². The molecular weight excluding hydrogens is 198 g/mol. The van der Waals surface area contributed by atoms with Gasteiger partial charge in [0.1, 0.15) is 0 Å². The zero-order valence-electron chi connectivity index (χ0n) is 10.8. The Balaban J connectivity index is 2.28. The van der Waals surface area contributed by atoms with Crippen molar-refractivity contribution in [1.29, 1.82) is 0 Å². The number of carbonyl (C=O) groups excluding carboxylic acids is 1. The standard InChI is InChI=1S/C14H23NO/c1-12(2)6-4-7-13(3)9-11-15-10-5-8-14(15)16/h6,9H,4-5,7-8,10-11H2,1-3H3/b13-9+. The molecule has 0 spiro atoms. The van der Waals surface area contributed by atoms with Crippen LogP contribution in [0.25, 0.3) is 0 Å². The Hall–Kier alpha value is -1.05. The maximum Gasteiger partial charge on any atom is 0.222 e. The zero-order chi connectivity index (χ0) is 12.0. The molecule has 0 unspecified atom stereocenters. The van der Waals surface area contributed by atoms with Crippen molar-refractivity contribution in [3.63, 3.8) is 0 Å². The number of likely N-dealkylation sites (tertiary alicyclic amines) is 1. The van der Waals surface area contributed by atoms with Gasteiger partial charge in [0.15, 0.2) is 0 Å². The Bertz CT molecular complexity index is 298. The molecule has 1 heterocycles. The van der Waals surface area contributed by atoms with Gasteiger partial charge in [-0.15, -0.1) is 0 Å². The van der Waals surface area contributed by atoms with Gasteiger partial charge >= 0.3 is 0 Å². The summed E-state index contributed by atoms with van der Waals surface area (Å²) in [5.74, 6) is 0.313. The summed E-state index contributed by atoms with van der Waals surface area (Å²) < 4.78 is 0. The highest BCUT2D eigenvalue weighted by Gasteiger charge is 2.18. The van der Waals surface area contributed by atoms with Crippen LogP contribution in [0.5, 0.6) is 0 Å². The monoisotopic (exact) mass is 221 g/mol. The first-order chi connectivity index (χ1) is 7.59. The Morgan fingerprint density at radius 1 is 1.31 bits per heavy atom. The van der Waals surface area contributed by atoms with Crippen LogP contribution in [0.2, 0.25) is 0 Å². The lowest BCUT2D eigenvalue weighted by Crippen LogP contribution is -2.24. The second-order valence-electron chi connectivity index (χ2n) is 4.81. The minimum Gasteiger partial charge on any atom is -0.339 e. The van der Waals surface area contributed by atoms with Crippen molar-refractivity contribution in [2.75, 3.05) is 13.1 Å².